The second-order valence-electron chi connectivity index (χ2n) is 11.9. The van der Waals surface area contributed by atoms with Gasteiger partial charge in [0.25, 0.3) is 5.91 Å². The van der Waals surface area contributed by atoms with Gasteiger partial charge in [-0.25, -0.2) is 0 Å². The van der Waals surface area contributed by atoms with Gasteiger partial charge in [-0.05, 0) is 92.3 Å². The third-order valence-electron chi connectivity index (χ3n) is 10.6. The average molecular weight is 420 g/mol. The number of rotatable bonds is 3. The van der Waals surface area contributed by atoms with Gasteiger partial charge in [0.05, 0.1) is 19.3 Å². The number of aliphatic hydroxyl groups is 1. The molecule has 3 N–H and O–H groups in total. The first kappa shape index (κ1) is 21.2. The summed E-state index contributed by atoms with van der Waals surface area (Å²) in [6.07, 6.45) is 10.9. The van der Waals surface area contributed by atoms with Crippen molar-refractivity contribution in [3.05, 3.63) is 0 Å². The molecular formula is C25H43N2O3+. The highest BCUT2D eigenvalue weighted by Crippen LogP contribution is 2.66. The third kappa shape index (κ3) is 3.53. The quantitative estimate of drug-likeness (QED) is 0.654. The number of carbonyl (C=O) groups excluding carboxylic acids is 1. The lowest BCUT2D eigenvalue weighted by molar-refractivity contribution is -0.900. The summed E-state index contributed by atoms with van der Waals surface area (Å²) in [7, 11) is 0. The summed E-state index contributed by atoms with van der Waals surface area (Å²) in [6, 6.07) is 0.357. The molecule has 1 amide bonds. The smallest absolute Gasteiger partial charge is 0.275 e. The summed E-state index contributed by atoms with van der Waals surface area (Å²) in [5, 5.41) is 13.7. The van der Waals surface area contributed by atoms with E-state index in [0.717, 1.165) is 69.2 Å². The Bertz CT molecular complexity index is 650. The van der Waals surface area contributed by atoms with Crippen LogP contribution >= 0.6 is 0 Å². The molecule has 5 heteroatoms. The van der Waals surface area contributed by atoms with Crippen molar-refractivity contribution >= 4 is 5.91 Å². The molecule has 1 aliphatic heterocycles. The Hall–Kier alpha value is -0.650. The van der Waals surface area contributed by atoms with Crippen molar-refractivity contribution in [2.45, 2.75) is 83.8 Å². The van der Waals surface area contributed by atoms with Gasteiger partial charge >= 0.3 is 0 Å². The first-order valence-corrected chi connectivity index (χ1v) is 12.8. The SMILES string of the molecule is C[C@]12CC[C@H]3[C@@H](CC[C@H]4C[C@H](O)CC[C@@]43C)[C@H]1CC[C@H]2NC(=O)C[NH+]1CCOCC1. The standard InChI is InChI=1S/C25H42N2O3/c1-24-9-7-18(28)15-17(24)3-4-19-20-5-6-22(25(20,2)10-8-21(19)24)26-23(29)16-27-11-13-30-14-12-27/h17-22,28H,3-16H2,1-2H3,(H,26,29)/p+1/t17-,18+,19-,20+,21-,22+,24-,25-/m0/s1. The second-order valence-corrected chi connectivity index (χ2v) is 11.9. The van der Waals surface area contributed by atoms with Crippen LogP contribution < -0.4 is 10.2 Å². The Morgan fingerprint density at radius 1 is 1.00 bits per heavy atom. The predicted molar refractivity (Wildman–Crippen MR) is 116 cm³/mol. The van der Waals surface area contributed by atoms with Crippen molar-refractivity contribution in [2.24, 2.45) is 34.5 Å². The number of morpholine rings is 1. The zero-order chi connectivity index (χ0) is 20.9. The number of nitrogens with one attached hydrogen (secondary N) is 2. The van der Waals surface area contributed by atoms with E-state index in [1.165, 1.54) is 43.4 Å². The predicted octanol–water partition coefficient (Wildman–Crippen LogP) is 1.79. The molecule has 0 aromatic carbocycles. The van der Waals surface area contributed by atoms with E-state index in [9.17, 15) is 9.90 Å². The second kappa shape index (κ2) is 8.04. The van der Waals surface area contributed by atoms with Crippen molar-refractivity contribution in [1.29, 1.82) is 0 Å². The summed E-state index contributed by atoms with van der Waals surface area (Å²) in [5.74, 6) is 3.39. The van der Waals surface area contributed by atoms with Crippen LogP contribution in [-0.4, -0.2) is 56.0 Å². The number of ether oxygens (including phenoxy) is 1. The fourth-order valence-electron chi connectivity index (χ4n) is 8.78. The fraction of sp³-hybridized carbons (Fsp3) is 0.960. The molecule has 0 aromatic heterocycles. The van der Waals surface area contributed by atoms with E-state index in [2.05, 4.69) is 19.2 Å². The number of fused-ring (bicyclic) bond motifs is 5. The van der Waals surface area contributed by atoms with Crippen LogP contribution in [0.3, 0.4) is 0 Å². The molecule has 8 atom stereocenters. The molecule has 0 unspecified atom stereocenters. The Labute approximate surface area is 182 Å². The van der Waals surface area contributed by atoms with E-state index >= 15 is 0 Å². The molecule has 0 radical (unpaired) electrons. The largest absolute Gasteiger partial charge is 0.393 e. The zero-order valence-electron chi connectivity index (χ0n) is 19.1. The molecule has 5 nitrogen and oxygen atoms in total. The van der Waals surface area contributed by atoms with Gasteiger partial charge < -0.3 is 20.1 Å². The molecule has 4 aliphatic carbocycles. The molecule has 5 aliphatic rings. The van der Waals surface area contributed by atoms with Crippen LogP contribution in [0.4, 0.5) is 0 Å². The molecule has 0 spiro atoms. The Kier molecular flexibility index (Phi) is 5.69. The topological polar surface area (TPSA) is 63.0 Å². The van der Waals surface area contributed by atoms with E-state index < -0.39 is 0 Å². The van der Waals surface area contributed by atoms with Crippen LogP contribution in [-0.2, 0) is 9.53 Å². The molecule has 170 valence electrons. The van der Waals surface area contributed by atoms with Gasteiger partial charge in [-0.3, -0.25) is 4.79 Å². The maximum absolute atomic E-state index is 12.8. The lowest BCUT2D eigenvalue weighted by Gasteiger charge is -2.60. The van der Waals surface area contributed by atoms with Crippen LogP contribution in [0.2, 0.25) is 0 Å². The molecule has 30 heavy (non-hydrogen) atoms. The minimum atomic E-state index is -0.0619. The van der Waals surface area contributed by atoms with Crippen LogP contribution in [0.15, 0.2) is 0 Å². The Morgan fingerprint density at radius 2 is 1.73 bits per heavy atom. The lowest BCUT2D eigenvalue weighted by atomic mass is 9.45. The third-order valence-corrected chi connectivity index (χ3v) is 10.6. The van der Waals surface area contributed by atoms with Crippen molar-refractivity contribution in [1.82, 2.24) is 5.32 Å². The molecule has 0 aromatic rings. The lowest BCUT2D eigenvalue weighted by Crippen LogP contribution is -3.15. The maximum atomic E-state index is 12.8. The Morgan fingerprint density at radius 3 is 2.53 bits per heavy atom. The van der Waals surface area contributed by atoms with E-state index in [4.69, 9.17) is 4.74 Å². The van der Waals surface area contributed by atoms with E-state index in [-0.39, 0.29) is 17.4 Å². The van der Waals surface area contributed by atoms with Crippen LogP contribution in [0.25, 0.3) is 0 Å². The molecule has 0 bridgehead atoms. The number of quaternary nitrogens is 1. The summed E-state index contributed by atoms with van der Waals surface area (Å²) >= 11 is 0. The van der Waals surface area contributed by atoms with Gasteiger partial charge in [-0.1, -0.05) is 13.8 Å². The monoisotopic (exact) mass is 419 g/mol. The van der Waals surface area contributed by atoms with E-state index in [0.29, 0.717) is 18.0 Å². The first-order chi connectivity index (χ1) is 14.4. The summed E-state index contributed by atoms with van der Waals surface area (Å²) in [6.45, 7) is 9.13. The highest BCUT2D eigenvalue weighted by atomic mass is 16.5. The first-order valence-electron chi connectivity index (χ1n) is 12.8. The number of amides is 1. The fourth-order valence-corrected chi connectivity index (χ4v) is 8.78. The maximum Gasteiger partial charge on any atom is 0.275 e. The summed E-state index contributed by atoms with van der Waals surface area (Å²) < 4.78 is 5.44. The van der Waals surface area contributed by atoms with Gasteiger partial charge in [-0.2, -0.15) is 0 Å². The molecule has 1 saturated heterocycles. The van der Waals surface area contributed by atoms with Crippen LogP contribution in [0.5, 0.6) is 0 Å². The minimum Gasteiger partial charge on any atom is -0.393 e. The van der Waals surface area contributed by atoms with Crippen molar-refractivity contribution < 1.29 is 19.5 Å². The summed E-state index contributed by atoms with van der Waals surface area (Å²) in [5.41, 5.74) is 0.707. The molecule has 4 saturated carbocycles. The molecule has 1 heterocycles. The highest BCUT2D eigenvalue weighted by Gasteiger charge is 2.60. The van der Waals surface area contributed by atoms with Gasteiger partial charge in [-0.15, -0.1) is 0 Å². The van der Waals surface area contributed by atoms with E-state index in [1.54, 1.807) is 0 Å². The van der Waals surface area contributed by atoms with Crippen molar-refractivity contribution in [3.63, 3.8) is 0 Å². The highest BCUT2D eigenvalue weighted by molar-refractivity contribution is 5.77. The number of hydrogen-bond donors (Lipinski definition) is 3. The minimum absolute atomic E-state index is 0.0619. The van der Waals surface area contributed by atoms with Gasteiger partial charge in [0.1, 0.15) is 13.1 Å². The molecular weight excluding hydrogens is 376 g/mol. The van der Waals surface area contributed by atoms with Crippen LogP contribution in [0.1, 0.15) is 71.6 Å². The summed E-state index contributed by atoms with van der Waals surface area (Å²) in [4.78, 5) is 14.2. The van der Waals surface area contributed by atoms with Crippen molar-refractivity contribution in [2.75, 3.05) is 32.8 Å². The van der Waals surface area contributed by atoms with Gasteiger partial charge in [0, 0.05) is 6.04 Å². The average Bonchev–Trinajstić information content (AvgIpc) is 3.05. The van der Waals surface area contributed by atoms with Gasteiger partial charge in [0.2, 0.25) is 0 Å². The van der Waals surface area contributed by atoms with Gasteiger partial charge in [0.15, 0.2) is 6.54 Å². The van der Waals surface area contributed by atoms with Crippen molar-refractivity contribution in [3.8, 4) is 0 Å². The van der Waals surface area contributed by atoms with E-state index in [1.807, 2.05) is 0 Å². The van der Waals surface area contributed by atoms with Crippen LogP contribution in [0, 0.1) is 34.5 Å². The number of carbonyl (C=O) groups is 1. The molecule has 5 rings (SSSR count). The molecule has 5 fully saturated rings. The normalized spacial score (nSPS) is 49.0. The zero-order valence-corrected chi connectivity index (χ0v) is 19.1. The Balaban J connectivity index is 1.25. The number of aliphatic hydroxyl groups excluding tert-OH is 1. The number of hydrogen-bond acceptors (Lipinski definition) is 3.